The van der Waals surface area contributed by atoms with Crippen LogP contribution in [0.3, 0.4) is 0 Å². The second-order valence-electron chi connectivity index (χ2n) is 4.84. The molecule has 0 unspecified atom stereocenters. The fraction of sp³-hybridized carbons (Fsp3) is 0.167. The van der Waals surface area contributed by atoms with Crippen LogP contribution in [0.4, 0.5) is 0 Å². The number of rotatable bonds is 5. The van der Waals surface area contributed by atoms with Gasteiger partial charge in [-0.05, 0) is 47.9 Å². The highest BCUT2D eigenvalue weighted by Gasteiger charge is 2.10. The molecule has 0 N–H and O–H groups in total. The number of hydrogen-bond donors (Lipinski definition) is 0. The number of halogens is 3. The molecule has 0 heterocycles. The lowest BCUT2D eigenvalue weighted by molar-refractivity contribution is 0.318. The second-order valence-corrected chi connectivity index (χ2v) is 6.09. The third kappa shape index (κ3) is 4.65. The molecule has 0 saturated carbocycles. The fourth-order valence-corrected chi connectivity index (χ4v) is 2.72. The molecular weight excluding hydrogens is 353 g/mol. The number of benzene rings is 2. The molecule has 23 heavy (non-hydrogen) atoms. The molecule has 0 amide bonds. The van der Waals surface area contributed by atoms with E-state index in [-0.39, 0.29) is 0 Å². The standard InChI is InChI=1S/C18H14Cl3NO/c1-2-7-23-18-16(20)9-12(10-17(18)21)8-14(11-22)13-3-5-15(19)6-4-13/h3-6,8-10H,2,7H2,1H3/b14-8+. The molecule has 118 valence electrons. The minimum absolute atomic E-state index is 0.422. The topological polar surface area (TPSA) is 33.0 Å². The maximum Gasteiger partial charge on any atom is 0.156 e. The lowest BCUT2D eigenvalue weighted by atomic mass is 10.0. The van der Waals surface area contributed by atoms with E-state index in [1.54, 1.807) is 42.5 Å². The van der Waals surface area contributed by atoms with Crippen molar-refractivity contribution in [2.45, 2.75) is 13.3 Å². The van der Waals surface area contributed by atoms with Gasteiger partial charge >= 0.3 is 0 Å². The molecule has 0 aliphatic heterocycles. The first-order chi connectivity index (χ1) is 11.0. The Morgan fingerprint density at radius 2 is 1.74 bits per heavy atom. The average Bonchev–Trinajstić information content (AvgIpc) is 2.53. The van der Waals surface area contributed by atoms with Crippen molar-refractivity contribution in [3.8, 4) is 11.8 Å². The first kappa shape index (κ1) is 17.7. The van der Waals surface area contributed by atoms with Gasteiger partial charge < -0.3 is 4.74 Å². The number of ether oxygens (including phenoxy) is 1. The highest BCUT2D eigenvalue weighted by molar-refractivity contribution is 6.37. The van der Waals surface area contributed by atoms with Crippen molar-refractivity contribution >= 4 is 46.5 Å². The van der Waals surface area contributed by atoms with Gasteiger partial charge in [0.15, 0.2) is 5.75 Å². The van der Waals surface area contributed by atoms with Gasteiger partial charge in [0.2, 0.25) is 0 Å². The fourth-order valence-electron chi connectivity index (χ4n) is 1.98. The summed E-state index contributed by atoms with van der Waals surface area (Å²) in [6.45, 7) is 2.55. The third-order valence-corrected chi connectivity index (χ3v) is 3.87. The quantitative estimate of drug-likeness (QED) is 0.447. The Kier molecular flexibility index (Phi) is 6.36. The SMILES string of the molecule is CCCOc1c(Cl)cc(/C=C(\C#N)c2ccc(Cl)cc2)cc1Cl. The van der Waals surface area contributed by atoms with E-state index in [4.69, 9.17) is 39.5 Å². The van der Waals surface area contributed by atoms with Crippen molar-refractivity contribution in [2.24, 2.45) is 0 Å². The summed E-state index contributed by atoms with van der Waals surface area (Å²) in [5, 5.41) is 10.8. The zero-order valence-corrected chi connectivity index (χ0v) is 14.7. The van der Waals surface area contributed by atoms with Gasteiger partial charge in [-0.15, -0.1) is 0 Å². The number of nitrogens with zero attached hydrogens (tertiary/aromatic N) is 1. The summed E-state index contributed by atoms with van der Waals surface area (Å²) in [5.41, 5.74) is 2.00. The van der Waals surface area contributed by atoms with Crippen molar-refractivity contribution in [2.75, 3.05) is 6.61 Å². The maximum atomic E-state index is 9.38. The van der Waals surface area contributed by atoms with E-state index in [1.165, 1.54) is 0 Å². The van der Waals surface area contributed by atoms with Crippen LogP contribution in [0.2, 0.25) is 15.1 Å². The van der Waals surface area contributed by atoms with Gasteiger partial charge in [-0.2, -0.15) is 5.26 Å². The average molecular weight is 367 g/mol. The molecule has 2 rings (SSSR count). The molecule has 0 saturated heterocycles. The molecule has 0 spiro atoms. The monoisotopic (exact) mass is 365 g/mol. The Morgan fingerprint density at radius 3 is 2.26 bits per heavy atom. The van der Waals surface area contributed by atoms with E-state index in [9.17, 15) is 5.26 Å². The maximum absolute atomic E-state index is 9.38. The van der Waals surface area contributed by atoms with Crippen LogP contribution in [0.15, 0.2) is 36.4 Å². The lowest BCUT2D eigenvalue weighted by Gasteiger charge is -2.10. The molecule has 0 aliphatic rings. The summed E-state index contributed by atoms with van der Waals surface area (Å²) >= 11 is 18.3. The van der Waals surface area contributed by atoms with Gasteiger partial charge in [-0.25, -0.2) is 0 Å². The van der Waals surface area contributed by atoms with E-state index >= 15 is 0 Å². The van der Waals surface area contributed by atoms with Crippen LogP contribution in [0, 0.1) is 11.3 Å². The smallest absolute Gasteiger partial charge is 0.156 e. The zero-order valence-electron chi connectivity index (χ0n) is 12.4. The van der Waals surface area contributed by atoms with Gasteiger partial charge in [0.25, 0.3) is 0 Å². The highest BCUT2D eigenvalue weighted by atomic mass is 35.5. The number of hydrogen-bond acceptors (Lipinski definition) is 2. The summed E-state index contributed by atoms with van der Waals surface area (Å²) in [5.74, 6) is 0.470. The Labute approximate surface area is 150 Å². The van der Waals surface area contributed by atoms with Crippen LogP contribution in [-0.4, -0.2) is 6.61 Å². The normalized spacial score (nSPS) is 11.2. The van der Waals surface area contributed by atoms with Crippen LogP contribution in [-0.2, 0) is 0 Å². The molecule has 0 aliphatic carbocycles. The summed E-state index contributed by atoms with van der Waals surface area (Å²) in [6, 6.07) is 12.7. The summed E-state index contributed by atoms with van der Waals surface area (Å²) < 4.78 is 5.54. The zero-order chi connectivity index (χ0) is 16.8. The van der Waals surface area contributed by atoms with Gasteiger partial charge in [0.1, 0.15) is 0 Å². The number of nitriles is 1. The summed E-state index contributed by atoms with van der Waals surface area (Å²) in [4.78, 5) is 0. The van der Waals surface area contributed by atoms with E-state index in [1.807, 2.05) is 6.92 Å². The van der Waals surface area contributed by atoms with E-state index in [0.29, 0.717) is 33.0 Å². The Morgan fingerprint density at radius 1 is 1.13 bits per heavy atom. The second kappa shape index (κ2) is 8.26. The Hall–Kier alpha value is -1.66. The minimum Gasteiger partial charge on any atom is -0.490 e. The van der Waals surface area contributed by atoms with E-state index in [2.05, 4.69) is 6.07 Å². The van der Waals surface area contributed by atoms with Gasteiger partial charge in [0.05, 0.1) is 28.3 Å². The summed E-state index contributed by atoms with van der Waals surface area (Å²) in [7, 11) is 0. The molecule has 5 heteroatoms. The molecule has 0 bridgehead atoms. The van der Waals surface area contributed by atoms with Gasteiger partial charge in [0, 0.05) is 5.02 Å². The largest absolute Gasteiger partial charge is 0.490 e. The van der Waals surface area contributed by atoms with Gasteiger partial charge in [-0.3, -0.25) is 0 Å². The lowest BCUT2D eigenvalue weighted by Crippen LogP contribution is -1.96. The van der Waals surface area contributed by atoms with E-state index < -0.39 is 0 Å². The van der Waals surface area contributed by atoms with E-state index in [0.717, 1.165) is 17.5 Å². The van der Waals surface area contributed by atoms with Crippen molar-refractivity contribution in [1.29, 1.82) is 5.26 Å². The summed E-state index contributed by atoms with van der Waals surface area (Å²) in [6.07, 6.45) is 2.59. The van der Waals surface area contributed by atoms with Crippen LogP contribution in [0.5, 0.6) is 5.75 Å². The van der Waals surface area contributed by atoms with Crippen LogP contribution in [0.25, 0.3) is 11.6 Å². The molecule has 0 radical (unpaired) electrons. The molecule has 0 aromatic heterocycles. The predicted molar refractivity (Wildman–Crippen MR) is 97.2 cm³/mol. The van der Waals surface area contributed by atoms with Gasteiger partial charge in [-0.1, -0.05) is 53.9 Å². The van der Waals surface area contributed by atoms with Crippen molar-refractivity contribution < 1.29 is 4.74 Å². The molecule has 0 fully saturated rings. The molecular formula is C18H14Cl3NO. The molecule has 0 atom stereocenters. The first-order valence-corrected chi connectivity index (χ1v) is 8.18. The first-order valence-electron chi connectivity index (χ1n) is 7.04. The van der Waals surface area contributed by atoms with Crippen molar-refractivity contribution in [3.63, 3.8) is 0 Å². The third-order valence-electron chi connectivity index (χ3n) is 3.06. The molecule has 2 aromatic rings. The van der Waals surface area contributed by atoms with Crippen LogP contribution < -0.4 is 4.74 Å². The van der Waals surface area contributed by atoms with Crippen molar-refractivity contribution in [3.05, 3.63) is 62.6 Å². The highest BCUT2D eigenvalue weighted by Crippen LogP contribution is 2.35. The number of allylic oxidation sites excluding steroid dienone is 1. The van der Waals surface area contributed by atoms with Crippen LogP contribution >= 0.6 is 34.8 Å². The Balaban J connectivity index is 2.37. The minimum atomic E-state index is 0.422. The Bertz CT molecular complexity index is 738. The predicted octanol–water partition coefficient (Wildman–Crippen LogP) is 6.50. The molecule has 2 aromatic carbocycles. The van der Waals surface area contributed by atoms with Crippen molar-refractivity contribution in [1.82, 2.24) is 0 Å². The molecule has 2 nitrogen and oxygen atoms in total. The van der Waals surface area contributed by atoms with Crippen LogP contribution in [0.1, 0.15) is 24.5 Å².